The zero-order valence-electron chi connectivity index (χ0n) is 10.8. The predicted molar refractivity (Wildman–Crippen MR) is 68.5 cm³/mol. The molecule has 1 rings (SSSR count). The summed E-state index contributed by atoms with van der Waals surface area (Å²) in [6.07, 6.45) is 2.28. The summed E-state index contributed by atoms with van der Waals surface area (Å²) in [6.45, 7) is 4.41. The SMILES string of the molecule is CONC(=O)CCc1ccccc1CC(C)C. The maximum Gasteiger partial charge on any atom is 0.243 e. The van der Waals surface area contributed by atoms with E-state index in [-0.39, 0.29) is 5.91 Å². The van der Waals surface area contributed by atoms with Gasteiger partial charge in [-0.25, -0.2) is 5.48 Å². The van der Waals surface area contributed by atoms with Crippen LogP contribution in [-0.2, 0) is 22.5 Å². The molecule has 3 nitrogen and oxygen atoms in total. The minimum Gasteiger partial charge on any atom is -0.277 e. The van der Waals surface area contributed by atoms with Crippen LogP contribution in [0.5, 0.6) is 0 Å². The van der Waals surface area contributed by atoms with Crippen LogP contribution in [0.4, 0.5) is 0 Å². The number of hydrogen-bond donors (Lipinski definition) is 1. The Bertz CT molecular complexity index is 361. The molecule has 94 valence electrons. The summed E-state index contributed by atoms with van der Waals surface area (Å²) in [5.74, 6) is 0.552. The first-order valence-electron chi connectivity index (χ1n) is 6.02. The van der Waals surface area contributed by atoms with Gasteiger partial charge in [-0.05, 0) is 29.9 Å². The van der Waals surface area contributed by atoms with Gasteiger partial charge in [-0.1, -0.05) is 38.1 Å². The molecule has 0 bridgehead atoms. The van der Waals surface area contributed by atoms with Gasteiger partial charge in [0.25, 0.3) is 0 Å². The molecule has 0 saturated heterocycles. The summed E-state index contributed by atoms with van der Waals surface area (Å²) in [5.41, 5.74) is 4.93. The van der Waals surface area contributed by atoms with Crippen molar-refractivity contribution in [2.45, 2.75) is 33.1 Å². The Balaban J connectivity index is 2.60. The summed E-state index contributed by atoms with van der Waals surface area (Å²) in [5, 5.41) is 0. The summed E-state index contributed by atoms with van der Waals surface area (Å²) in [6, 6.07) is 8.31. The van der Waals surface area contributed by atoms with Crippen LogP contribution in [0.1, 0.15) is 31.4 Å². The number of hydrogen-bond acceptors (Lipinski definition) is 2. The van der Waals surface area contributed by atoms with Crippen LogP contribution >= 0.6 is 0 Å². The number of hydroxylamine groups is 1. The van der Waals surface area contributed by atoms with Crippen LogP contribution in [0, 0.1) is 5.92 Å². The molecule has 1 aromatic carbocycles. The van der Waals surface area contributed by atoms with E-state index in [0.29, 0.717) is 12.3 Å². The van der Waals surface area contributed by atoms with Gasteiger partial charge in [0, 0.05) is 6.42 Å². The molecule has 0 saturated carbocycles. The van der Waals surface area contributed by atoms with Gasteiger partial charge >= 0.3 is 0 Å². The van der Waals surface area contributed by atoms with E-state index in [9.17, 15) is 4.79 Å². The fraction of sp³-hybridized carbons (Fsp3) is 0.500. The molecule has 17 heavy (non-hydrogen) atoms. The van der Waals surface area contributed by atoms with Crippen LogP contribution in [0.2, 0.25) is 0 Å². The van der Waals surface area contributed by atoms with Crippen molar-refractivity contribution in [2.75, 3.05) is 7.11 Å². The molecule has 0 fully saturated rings. The van der Waals surface area contributed by atoms with Crippen molar-refractivity contribution in [3.8, 4) is 0 Å². The van der Waals surface area contributed by atoms with E-state index in [1.165, 1.54) is 18.2 Å². The highest BCUT2D eigenvalue weighted by atomic mass is 16.6. The van der Waals surface area contributed by atoms with Gasteiger partial charge in [0.15, 0.2) is 0 Å². The number of nitrogens with one attached hydrogen (secondary N) is 1. The Hall–Kier alpha value is -1.35. The fourth-order valence-corrected chi connectivity index (χ4v) is 1.85. The Morgan fingerprint density at radius 3 is 2.53 bits per heavy atom. The molecule has 0 atom stereocenters. The molecular formula is C14H21NO2. The standard InChI is InChI=1S/C14H21NO2/c1-11(2)10-13-7-5-4-6-12(13)8-9-14(16)15-17-3/h4-7,11H,8-10H2,1-3H3,(H,15,16). The molecule has 1 aromatic rings. The number of rotatable bonds is 6. The molecule has 0 unspecified atom stereocenters. The first kappa shape index (κ1) is 13.7. The first-order chi connectivity index (χ1) is 8.13. The van der Waals surface area contributed by atoms with Crippen molar-refractivity contribution in [3.63, 3.8) is 0 Å². The third-order valence-corrected chi connectivity index (χ3v) is 2.58. The normalized spacial score (nSPS) is 10.6. The number of carbonyl (C=O) groups is 1. The molecule has 0 aromatic heterocycles. The third kappa shape index (κ3) is 5.00. The van der Waals surface area contributed by atoms with Crippen LogP contribution in [0.15, 0.2) is 24.3 Å². The van der Waals surface area contributed by atoms with E-state index >= 15 is 0 Å². The second-order valence-electron chi connectivity index (χ2n) is 4.60. The van der Waals surface area contributed by atoms with Crippen molar-refractivity contribution in [2.24, 2.45) is 5.92 Å². The van der Waals surface area contributed by atoms with Crippen molar-refractivity contribution >= 4 is 5.91 Å². The fourth-order valence-electron chi connectivity index (χ4n) is 1.85. The van der Waals surface area contributed by atoms with E-state index in [0.717, 1.165) is 12.8 Å². The number of benzene rings is 1. The molecule has 0 aliphatic rings. The Labute approximate surface area is 103 Å². The second-order valence-corrected chi connectivity index (χ2v) is 4.60. The van der Waals surface area contributed by atoms with Gasteiger partial charge in [0.2, 0.25) is 5.91 Å². The average Bonchev–Trinajstić information content (AvgIpc) is 2.27. The molecule has 0 aliphatic carbocycles. The Morgan fingerprint density at radius 1 is 1.29 bits per heavy atom. The molecule has 0 aliphatic heterocycles. The molecule has 0 radical (unpaired) electrons. The summed E-state index contributed by atoms with van der Waals surface area (Å²) in [4.78, 5) is 15.9. The maximum atomic E-state index is 11.3. The molecular weight excluding hydrogens is 214 g/mol. The summed E-state index contributed by atoms with van der Waals surface area (Å²) < 4.78 is 0. The molecule has 3 heteroatoms. The highest BCUT2D eigenvalue weighted by Crippen LogP contribution is 2.15. The molecule has 0 heterocycles. The van der Waals surface area contributed by atoms with Crippen LogP contribution in [-0.4, -0.2) is 13.0 Å². The number of amides is 1. The number of aryl methyl sites for hydroxylation is 1. The van der Waals surface area contributed by atoms with Gasteiger partial charge in [0.05, 0.1) is 7.11 Å². The lowest BCUT2D eigenvalue weighted by Gasteiger charge is -2.11. The second kappa shape index (κ2) is 7.07. The predicted octanol–water partition coefficient (Wildman–Crippen LogP) is 2.50. The highest BCUT2D eigenvalue weighted by Gasteiger charge is 2.06. The van der Waals surface area contributed by atoms with E-state index in [2.05, 4.69) is 42.4 Å². The van der Waals surface area contributed by atoms with E-state index in [1.54, 1.807) is 0 Å². The quantitative estimate of drug-likeness (QED) is 0.769. The average molecular weight is 235 g/mol. The van der Waals surface area contributed by atoms with Gasteiger partial charge in [-0.3, -0.25) is 9.63 Å². The Kier molecular flexibility index (Phi) is 5.70. The van der Waals surface area contributed by atoms with Gasteiger partial charge < -0.3 is 0 Å². The monoisotopic (exact) mass is 235 g/mol. The van der Waals surface area contributed by atoms with Gasteiger partial charge in [-0.15, -0.1) is 0 Å². The van der Waals surface area contributed by atoms with Crippen molar-refractivity contribution in [1.29, 1.82) is 0 Å². The highest BCUT2D eigenvalue weighted by molar-refractivity contribution is 5.75. The zero-order chi connectivity index (χ0) is 12.7. The van der Waals surface area contributed by atoms with E-state index in [4.69, 9.17) is 0 Å². The lowest BCUT2D eigenvalue weighted by atomic mass is 9.95. The molecule has 1 N–H and O–H groups in total. The van der Waals surface area contributed by atoms with Gasteiger partial charge in [-0.2, -0.15) is 0 Å². The van der Waals surface area contributed by atoms with E-state index < -0.39 is 0 Å². The lowest BCUT2D eigenvalue weighted by Crippen LogP contribution is -2.22. The third-order valence-electron chi connectivity index (χ3n) is 2.58. The van der Waals surface area contributed by atoms with E-state index in [1.807, 2.05) is 6.07 Å². The minimum absolute atomic E-state index is 0.0770. The number of carbonyl (C=O) groups excluding carboxylic acids is 1. The van der Waals surface area contributed by atoms with Gasteiger partial charge in [0.1, 0.15) is 0 Å². The smallest absolute Gasteiger partial charge is 0.243 e. The lowest BCUT2D eigenvalue weighted by molar-refractivity contribution is -0.131. The van der Waals surface area contributed by atoms with Crippen molar-refractivity contribution in [3.05, 3.63) is 35.4 Å². The topological polar surface area (TPSA) is 38.3 Å². The molecule has 1 amide bonds. The summed E-state index contributed by atoms with van der Waals surface area (Å²) in [7, 11) is 1.45. The van der Waals surface area contributed by atoms with Crippen molar-refractivity contribution < 1.29 is 9.63 Å². The maximum absolute atomic E-state index is 11.3. The van der Waals surface area contributed by atoms with Crippen LogP contribution in [0.25, 0.3) is 0 Å². The molecule has 0 spiro atoms. The Morgan fingerprint density at radius 2 is 1.94 bits per heavy atom. The van der Waals surface area contributed by atoms with Crippen molar-refractivity contribution in [1.82, 2.24) is 5.48 Å². The minimum atomic E-state index is -0.0770. The largest absolute Gasteiger partial charge is 0.277 e. The summed E-state index contributed by atoms with van der Waals surface area (Å²) >= 11 is 0. The van der Waals surface area contributed by atoms with Crippen LogP contribution < -0.4 is 5.48 Å². The first-order valence-corrected chi connectivity index (χ1v) is 6.02. The zero-order valence-corrected chi connectivity index (χ0v) is 10.8. The van der Waals surface area contributed by atoms with Crippen LogP contribution in [0.3, 0.4) is 0 Å².